The topological polar surface area (TPSA) is 65.4 Å². The van der Waals surface area contributed by atoms with Crippen LogP contribution in [0.4, 0.5) is 0 Å². The van der Waals surface area contributed by atoms with Crippen LogP contribution >= 0.6 is 0 Å². The average molecular weight is 396 g/mol. The van der Waals surface area contributed by atoms with E-state index in [2.05, 4.69) is 16.0 Å². The molecule has 1 N–H and O–H groups in total. The number of fused-ring (bicyclic) bond motifs is 1. The predicted molar refractivity (Wildman–Crippen MR) is 114 cm³/mol. The van der Waals surface area contributed by atoms with Crippen LogP contribution in [0.2, 0.25) is 0 Å². The molecule has 0 aliphatic carbocycles. The van der Waals surface area contributed by atoms with Gasteiger partial charge in [0.1, 0.15) is 5.82 Å². The lowest BCUT2D eigenvalue weighted by atomic mass is 10.3. The molecule has 3 aromatic rings. The fraction of sp³-hybridized carbons (Fsp3) is 0.391. The molecule has 0 atom stereocenters. The van der Waals surface area contributed by atoms with Gasteiger partial charge >= 0.3 is 0 Å². The van der Waals surface area contributed by atoms with Gasteiger partial charge in [0.15, 0.2) is 11.5 Å². The van der Waals surface area contributed by atoms with Crippen molar-refractivity contribution in [2.45, 2.75) is 45.7 Å². The Kier molecular flexibility index (Phi) is 7.50. The normalized spacial score (nSPS) is 10.8. The van der Waals surface area contributed by atoms with Gasteiger partial charge in [0.2, 0.25) is 5.91 Å². The number of carbonyl (C=O) groups excluding carboxylic acids is 1. The van der Waals surface area contributed by atoms with Gasteiger partial charge in [0.25, 0.3) is 0 Å². The van der Waals surface area contributed by atoms with Crippen LogP contribution < -0.4 is 14.8 Å². The van der Waals surface area contributed by atoms with E-state index in [4.69, 9.17) is 14.5 Å². The molecule has 0 fully saturated rings. The van der Waals surface area contributed by atoms with Crippen LogP contribution in [0.3, 0.4) is 0 Å². The van der Waals surface area contributed by atoms with Crippen LogP contribution in [0.25, 0.3) is 11.0 Å². The summed E-state index contributed by atoms with van der Waals surface area (Å²) in [6, 6.07) is 15.8. The van der Waals surface area contributed by atoms with Gasteiger partial charge < -0.3 is 19.4 Å². The molecular formula is C23H29N3O3. The van der Waals surface area contributed by atoms with Crippen LogP contribution in [0.5, 0.6) is 11.5 Å². The van der Waals surface area contributed by atoms with Crippen molar-refractivity contribution in [1.82, 2.24) is 14.9 Å². The number of unbranched alkanes of at least 4 members (excludes halogenated alkanes) is 1. The largest absolute Gasteiger partial charge is 0.493 e. The van der Waals surface area contributed by atoms with E-state index < -0.39 is 0 Å². The summed E-state index contributed by atoms with van der Waals surface area (Å²) in [6.07, 6.45) is 3.24. The van der Waals surface area contributed by atoms with Crippen molar-refractivity contribution in [1.29, 1.82) is 0 Å². The average Bonchev–Trinajstić information content (AvgIpc) is 3.10. The minimum Gasteiger partial charge on any atom is -0.493 e. The van der Waals surface area contributed by atoms with Gasteiger partial charge in [-0.15, -0.1) is 0 Å². The number of rotatable bonds is 11. The lowest BCUT2D eigenvalue weighted by Gasteiger charge is -2.12. The summed E-state index contributed by atoms with van der Waals surface area (Å²) in [7, 11) is 1.65. The Hall–Kier alpha value is -3.02. The quantitative estimate of drug-likeness (QED) is 0.491. The van der Waals surface area contributed by atoms with Crippen molar-refractivity contribution in [3.05, 3.63) is 54.4 Å². The lowest BCUT2D eigenvalue weighted by Crippen LogP contribution is -2.24. The van der Waals surface area contributed by atoms with Crippen molar-refractivity contribution >= 4 is 16.9 Å². The first kappa shape index (κ1) is 20.7. The fourth-order valence-corrected chi connectivity index (χ4v) is 3.30. The molecule has 1 amide bonds. The molecule has 154 valence electrons. The molecule has 1 heterocycles. The monoisotopic (exact) mass is 395 g/mol. The van der Waals surface area contributed by atoms with E-state index in [1.165, 1.54) is 0 Å². The number of nitrogens with zero attached hydrogens (tertiary/aromatic N) is 2. The highest BCUT2D eigenvalue weighted by Gasteiger charge is 2.11. The van der Waals surface area contributed by atoms with Crippen LogP contribution in [0.1, 0.15) is 38.4 Å². The van der Waals surface area contributed by atoms with Crippen molar-refractivity contribution < 1.29 is 14.3 Å². The number of ether oxygens (including phenoxy) is 2. The SMILES string of the molecule is CCCC(=O)NCc1nc2ccccc2n1CCCCOc1ccccc1OC. The zero-order valence-electron chi connectivity index (χ0n) is 17.2. The number of para-hydroxylation sites is 4. The van der Waals surface area contributed by atoms with Gasteiger partial charge in [-0.2, -0.15) is 0 Å². The summed E-state index contributed by atoms with van der Waals surface area (Å²) >= 11 is 0. The Bertz CT molecular complexity index is 936. The van der Waals surface area contributed by atoms with Crippen molar-refractivity contribution in [2.24, 2.45) is 0 Å². The highest BCUT2D eigenvalue weighted by atomic mass is 16.5. The second-order valence-corrected chi connectivity index (χ2v) is 6.90. The number of methoxy groups -OCH3 is 1. The zero-order valence-corrected chi connectivity index (χ0v) is 17.2. The van der Waals surface area contributed by atoms with E-state index in [-0.39, 0.29) is 5.91 Å². The maximum absolute atomic E-state index is 11.9. The number of hydrogen-bond donors (Lipinski definition) is 1. The van der Waals surface area contributed by atoms with E-state index in [0.29, 0.717) is 19.6 Å². The Morgan fingerprint density at radius 2 is 1.83 bits per heavy atom. The Balaban J connectivity index is 1.58. The van der Waals surface area contributed by atoms with Gasteiger partial charge in [0.05, 0.1) is 31.3 Å². The van der Waals surface area contributed by atoms with Crippen molar-refractivity contribution in [3.8, 4) is 11.5 Å². The second kappa shape index (κ2) is 10.5. The van der Waals surface area contributed by atoms with Crippen molar-refractivity contribution in [2.75, 3.05) is 13.7 Å². The summed E-state index contributed by atoms with van der Waals surface area (Å²) < 4.78 is 13.4. The summed E-state index contributed by atoms with van der Waals surface area (Å²) in [5.41, 5.74) is 2.05. The van der Waals surface area contributed by atoms with E-state index >= 15 is 0 Å². The van der Waals surface area contributed by atoms with E-state index in [1.807, 2.05) is 49.4 Å². The van der Waals surface area contributed by atoms with Crippen molar-refractivity contribution in [3.63, 3.8) is 0 Å². The number of amides is 1. The molecule has 0 aliphatic heterocycles. The van der Waals surface area contributed by atoms with Crippen LogP contribution in [-0.4, -0.2) is 29.2 Å². The number of aryl methyl sites for hydroxylation is 1. The maximum atomic E-state index is 11.9. The molecule has 3 rings (SSSR count). The summed E-state index contributed by atoms with van der Waals surface area (Å²) in [4.78, 5) is 16.6. The molecule has 1 aromatic heterocycles. The minimum atomic E-state index is 0.0660. The number of imidazole rings is 1. The number of carbonyl (C=O) groups is 1. The van der Waals surface area contributed by atoms with Gasteiger partial charge in [-0.05, 0) is 43.5 Å². The zero-order chi connectivity index (χ0) is 20.5. The van der Waals surface area contributed by atoms with Gasteiger partial charge in [-0.3, -0.25) is 4.79 Å². The molecule has 0 radical (unpaired) electrons. The standard InChI is InChI=1S/C23H29N3O3/c1-3-10-23(27)24-17-22-25-18-11-4-5-12-19(18)26(22)15-8-9-16-29-21-14-7-6-13-20(21)28-2/h4-7,11-14H,3,8-10,15-17H2,1-2H3,(H,24,27). The van der Waals surface area contributed by atoms with Gasteiger partial charge in [-0.25, -0.2) is 4.98 Å². The number of nitrogens with one attached hydrogen (secondary N) is 1. The molecule has 0 bridgehead atoms. The first-order chi connectivity index (χ1) is 14.2. The summed E-state index contributed by atoms with van der Waals surface area (Å²) in [5, 5.41) is 2.98. The molecule has 0 aliphatic rings. The molecule has 6 heteroatoms. The first-order valence-electron chi connectivity index (χ1n) is 10.2. The molecule has 0 unspecified atom stereocenters. The molecule has 6 nitrogen and oxygen atoms in total. The highest BCUT2D eigenvalue weighted by molar-refractivity contribution is 5.77. The third-order valence-corrected chi connectivity index (χ3v) is 4.76. The van der Waals surface area contributed by atoms with Gasteiger partial charge in [0, 0.05) is 13.0 Å². The van der Waals surface area contributed by atoms with Crippen LogP contribution in [-0.2, 0) is 17.9 Å². The number of benzene rings is 2. The van der Waals surface area contributed by atoms with Crippen LogP contribution in [0, 0.1) is 0 Å². The molecule has 2 aromatic carbocycles. The Morgan fingerprint density at radius 3 is 2.62 bits per heavy atom. The Morgan fingerprint density at radius 1 is 1.07 bits per heavy atom. The predicted octanol–water partition coefficient (Wildman–Crippen LogP) is 4.32. The first-order valence-corrected chi connectivity index (χ1v) is 10.2. The second-order valence-electron chi connectivity index (χ2n) is 6.90. The van der Waals surface area contributed by atoms with Crippen LogP contribution in [0.15, 0.2) is 48.5 Å². The number of aromatic nitrogens is 2. The maximum Gasteiger partial charge on any atom is 0.220 e. The van der Waals surface area contributed by atoms with E-state index in [1.54, 1.807) is 7.11 Å². The van der Waals surface area contributed by atoms with E-state index in [9.17, 15) is 4.79 Å². The smallest absolute Gasteiger partial charge is 0.220 e. The Labute approximate surface area is 171 Å². The third-order valence-electron chi connectivity index (χ3n) is 4.76. The van der Waals surface area contributed by atoms with E-state index in [0.717, 1.165) is 54.2 Å². The summed E-state index contributed by atoms with van der Waals surface area (Å²) in [6.45, 7) is 3.90. The third kappa shape index (κ3) is 5.50. The lowest BCUT2D eigenvalue weighted by molar-refractivity contribution is -0.121. The fourth-order valence-electron chi connectivity index (χ4n) is 3.30. The highest BCUT2D eigenvalue weighted by Crippen LogP contribution is 2.26. The molecule has 0 spiro atoms. The summed E-state index contributed by atoms with van der Waals surface area (Å²) in [5.74, 6) is 2.47. The minimum absolute atomic E-state index is 0.0660. The molecule has 29 heavy (non-hydrogen) atoms. The number of hydrogen-bond acceptors (Lipinski definition) is 4. The van der Waals surface area contributed by atoms with Gasteiger partial charge in [-0.1, -0.05) is 31.2 Å². The molecule has 0 saturated heterocycles. The molecule has 0 saturated carbocycles. The molecular weight excluding hydrogens is 366 g/mol.